The molecule has 0 bridgehead atoms. The van der Waals surface area contributed by atoms with Gasteiger partial charge in [-0.15, -0.1) is 5.10 Å². The van der Waals surface area contributed by atoms with Crippen molar-refractivity contribution < 1.29 is 13.6 Å². The molecule has 1 aromatic heterocycles. The van der Waals surface area contributed by atoms with Crippen molar-refractivity contribution in [3.05, 3.63) is 71.3 Å². The molecular weight excluding hydrogens is 326 g/mol. The number of anilines is 1. The van der Waals surface area contributed by atoms with Crippen molar-refractivity contribution in [2.45, 2.75) is 0 Å². The van der Waals surface area contributed by atoms with Gasteiger partial charge in [0.15, 0.2) is 0 Å². The summed E-state index contributed by atoms with van der Waals surface area (Å²) < 4.78 is 28.0. The monoisotopic (exact) mass is 334 g/mol. The molecule has 1 N–H and O–H groups in total. The predicted molar refractivity (Wildman–Crippen MR) is 80.7 cm³/mol. The molecule has 23 heavy (non-hydrogen) atoms. The van der Waals surface area contributed by atoms with E-state index in [1.165, 1.54) is 11.0 Å². The van der Waals surface area contributed by atoms with Crippen LogP contribution >= 0.6 is 11.6 Å². The predicted octanol–water partition coefficient (Wildman–Crippen LogP) is 3.45. The minimum Gasteiger partial charge on any atom is -0.317 e. The Morgan fingerprint density at radius 1 is 1.13 bits per heavy atom. The molecule has 2 aromatic carbocycles. The van der Waals surface area contributed by atoms with Gasteiger partial charge in [-0.3, -0.25) is 4.79 Å². The van der Waals surface area contributed by atoms with Crippen LogP contribution in [0, 0.1) is 11.6 Å². The van der Waals surface area contributed by atoms with Crippen LogP contribution in [0.2, 0.25) is 5.02 Å². The van der Waals surface area contributed by atoms with E-state index in [4.69, 9.17) is 11.6 Å². The quantitative estimate of drug-likeness (QED) is 0.798. The molecule has 0 fully saturated rings. The van der Waals surface area contributed by atoms with Gasteiger partial charge in [0.25, 0.3) is 5.91 Å². The Morgan fingerprint density at radius 2 is 1.87 bits per heavy atom. The third kappa shape index (κ3) is 3.35. The van der Waals surface area contributed by atoms with Crippen LogP contribution in [0.5, 0.6) is 0 Å². The van der Waals surface area contributed by atoms with Crippen molar-refractivity contribution in [2.24, 2.45) is 0 Å². The molecule has 116 valence electrons. The van der Waals surface area contributed by atoms with Gasteiger partial charge in [0.2, 0.25) is 5.82 Å². The molecular formula is C15H9ClF2N4O. The second-order valence-electron chi connectivity index (χ2n) is 4.57. The number of amides is 1. The standard InChI is InChI=1S/C15H9ClF2N4O/c16-9-1-4-11(5-2-9)22-8-19-14(21-22)15(23)20-13-7-10(17)3-6-12(13)18/h1-8H,(H,20,23). The Kier molecular flexibility index (Phi) is 4.03. The molecule has 0 spiro atoms. The van der Waals surface area contributed by atoms with Crippen molar-refractivity contribution in [3.8, 4) is 5.69 Å². The van der Waals surface area contributed by atoms with E-state index in [0.717, 1.165) is 18.2 Å². The first-order valence-corrected chi connectivity index (χ1v) is 6.85. The Morgan fingerprint density at radius 3 is 2.61 bits per heavy atom. The Balaban J connectivity index is 1.81. The highest BCUT2D eigenvalue weighted by Gasteiger charge is 2.15. The molecule has 8 heteroatoms. The lowest BCUT2D eigenvalue weighted by atomic mass is 10.3. The first kappa shape index (κ1) is 15.1. The van der Waals surface area contributed by atoms with Gasteiger partial charge in [0.1, 0.15) is 18.0 Å². The van der Waals surface area contributed by atoms with Crippen LogP contribution < -0.4 is 5.32 Å². The summed E-state index contributed by atoms with van der Waals surface area (Å²) in [6.45, 7) is 0. The van der Waals surface area contributed by atoms with E-state index in [1.54, 1.807) is 24.3 Å². The van der Waals surface area contributed by atoms with E-state index in [9.17, 15) is 13.6 Å². The Hall–Kier alpha value is -2.80. The number of benzene rings is 2. The van der Waals surface area contributed by atoms with Crippen LogP contribution in [-0.4, -0.2) is 20.7 Å². The van der Waals surface area contributed by atoms with Crippen LogP contribution in [0.1, 0.15) is 10.6 Å². The molecule has 0 aliphatic rings. The molecule has 0 unspecified atom stereocenters. The highest BCUT2D eigenvalue weighted by molar-refractivity contribution is 6.30. The molecule has 0 atom stereocenters. The first-order valence-electron chi connectivity index (χ1n) is 6.47. The number of carbonyl (C=O) groups is 1. The maximum atomic E-state index is 13.5. The van der Waals surface area contributed by atoms with Crippen LogP contribution in [0.4, 0.5) is 14.5 Å². The zero-order valence-corrected chi connectivity index (χ0v) is 12.3. The summed E-state index contributed by atoms with van der Waals surface area (Å²) >= 11 is 5.80. The lowest BCUT2D eigenvalue weighted by molar-refractivity contribution is 0.101. The Labute approximate surface area is 134 Å². The number of aromatic nitrogens is 3. The SMILES string of the molecule is O=C(Nc1cc(F)ccc1F)c1ncn(-c2ccc(Cl)cc2)n1. The first-order chi connectivity index (χ1) is 11.0. The van der Waals surface area contributed by atoms with E-state index in [1.807, 2.05) is 0 Å². The third-order valence-electron chi connectivity index (χ3n) is 2.96. The fourth-order valence-electron chi connectivity index (χ4n) is 1.86. The van der Waals surface area contributed by atoms with E-state index >= 15 is 0 Å². The summed E-state index contributed by atoms with van der Waals surface area (Å²) in [5.41, 5.74) is 0.371. The van der Waals surface area contributed by atoms with E-state index in [2.05, 4.69) is 15.4 Å². The minimum absolute atomic E-state index is 0.177. The summed E-state index contributed by atoms with van der Waals surface area (Å²) in [5, 5.41) is 6.78. The number of hydrogen-bond donors (Lipinski definition) is 1. The molecule has 0 aliphatic heterocycles. The third-order valence-corrected chi connectivity index (χ3v) is 3.21. The number of hydrogen-bond acceptors (Lipinski definition) is 3. The molecule has 3 aromatic rings. The number of halogens is 3. The molecule has 0 aliphatic carbocycles. The zero-order valence-electron chi connectivity index (χ0n) is 11.5. The topological polar surface area (TPSA) is 59.8 Å². The van der Waals surface area contributed by atoms with E-state index < -0.39 is 17.5 Å². The molecule has 0 radical (unpaired) electrons. The van der Waals surface area contributed by atoms with Gasteiger partial charge in [0.05, 0.1) is 11.4 Å². The summed E-state index contributed by atoms with van der Waals surface area (Å²) in [6.07, 6.45) is 1.33. The maximum absolute atomic E-state index is 13.5. The summed E-state index contributed by atoms with van der Waals surface area (Å²) in [7, 11) is 0. The fraction of sp³-hybridized carbons (Fsp3) is 0. The van der Waals surface area contributed by atoms with E-state index in [-0.39, 0.29) is 11.5 Å². The smallest absolute Gasteiger partial charge is 0.295 e. The molecule has 1 heterocycles. The summed E-state index contributed by atoms with van der Waals surface area (Å²) in [5.74, 6) is -2.34. The largest absolute Gasteiger partial charge is 0.317 e. The van der Waals surface area contributed by atoms with Crippen LogP contribution in [-0.2, 0) is 0 Å². The summed E-state index contributed by atoms with van der Waals surface area (Å²) in [6, 6.07) is 9.49. The van der Waals surface area contributed by atoms with Gasteiger partial charge in [-0.05, 0) is 36.4 Å². The van der Waals surface area contributed by atoms with Crippen LogP contribution in [0.25, 0.3) is 5.69 Å². The van der Waals surface area contributed by atoms with Crippen LogP contribution in [0.15, 0.2) is 48.8 Å². The van der Waals surface area contributed by atoms with Gasteiger partial charge < -0.3 is 5.32 Å². The van der Waals surface area contributed by atoms with Crippen molar-refractivity contribution in [3.63, 3.8) is 0 Å². The maximum Gasteiger partial charge on any atom is 0.295 e. The average Bonchev–Trinajstić information content (AvgIpc) is 3.02. The second-order valence-corrected chi connectivity index (χ2v) is 5.00. The molecule has 1 amide bonds. The van der Waals surface area contributed by atoms with Gasteiger partial charge in [-0.1, -0.05) is 11.6 Å². The van der Waals surface area contributed by atoms with Crippen molar-refractivity contribution in [2.75, 3.05) is 5.32 Å². The zero-order chi connectivity index (χ0) is 16.4. The number of nitrogens with one attached hydrogen (secondary N) is 1. The van der Waals surface area contributed by atoms with Crippen molar-refractivity contribution >= 4 is 23.2 Å². The van der Waals surface area contributed by atoms with Gasteiger partial charge in [0, 0.05) is 11.1 Å². The molecule has 3 rings (SSSR count). The fourth-order valence-corrected chi connectivity index (χ4v) is 1.98. The van der Waals surface area contributed by atoms with Gasteiger partial charge in [-0.25, -0.2) is 18.4 Å². The lowest BCUT2D eigenvalue weighted by Gasteiger charge is -2.04. The van der Waals surface area contributed by atoms with E-state index in [0.29, 0.717) is 10.7 Å². The Bertz CT molecular complexity index is 864. The summed E-state index contributed by atoms with van der Waals surface area (Å²) in [4.78, 5) is 15.9. The van der Waals surface area contributed by atoms with Crippen LogP contribution in [0.3, 0.4) is 0 Å². The van der Waals surface area contributed by atoms with Crippen molar-refractivity contribution in [1.29, 1.82) is 0 Å². The normalized spacial score (nSPS) is 10.6. The van der Waals surface area contributed by atoms with Crippen molar-refractivity contribution in [1.82, 2.24) is 14.8 Å². The number of carbonyl (C=O) groups excluding carboxylic acids is 1. The average molecular weight is 335 g/mol. The highest BCUT2D eigenvalue weighted by atomic mass is 35.5. The number of rotatable bonds is 3. The molecule has 5 nitrogen and oxygen atoms in total. The highest BCUT2D eigenvalue weighted by Crippen LogP contribution is 2.16. The second kappa shape index (κ2) is 6.13. The van der Waals surface area contributed by atoms with Gasteiger partial charge in [-0.2, -0.15) is 0 Å². The molecule has 0 saturated heterocycles. The lowest BCUT2D eigenvalue weighted by Crippen LogP contribution is -2.15. The minimum atomic E-state index is -0.753. The molecule has 0 saturated carbocycles. The van der Waals surface area contributed by atoms with Gasteiger partial charge >= 0.3 is 0 Å². The number of nitrogens with zero attached hydrogens (tertiary/aromatic N) is 3.